The lowest BCUT2D eigenvalue weighted by Gasteiger charge is -2.32. The molecule has 8 rings (SSSR count). The molecule has 6 aromatic rings. The van der Waals surface area contributed by atoms with Crippen LogP contribution in [0.4, 0.5) is 5.69 Å². The molecule has 0 radical (unpaired) electrons. The number of carbonyl (C=O) groups excluding carboxylic acids is 3. The van der Waals surface area contributed by atoms with Crippen LogP contribution in [-0.4, -0.2) is 66.7 Å². The van der Waals surface area contributed by atoms with Crippen molar-refractivity contribution >= 4 is 34.4 Å². The minimum absolute atomic E-state index is 0.0283. The highest BCUT2D eigenvalue weighted by Crippen LogP contribution is 2.32. The number of fused-ring (bicyclic) bond motifs is 1. The average molecular weight is 766 g/mol. The van der Waals surface area contributed by atoms with E-state index in [9.17, 15) is 14.4 Å². The number of pyridine rings is 1. The number of imide groups is 1. The monoisotopic (exact) mass is 765 g/mol. The third-order valence-corrected chi connectivity index (χ3v) is 10.9. The van der Waals surface area contributed by atoms with Gasteiger partial charge in [0.15, 0.2) is 5.65 Å². The van der Waals surface area contributed by atoms with E-state index in [1.807, 2.05) is 62.8 Å². The SMILES string of the molecule is Cc1cc(-c2ccnc3nn(-c4ccc(CN5CCC(c6ccc(N[C@H]7CCC(=O)NC7=O)cc6)CC5)cc4)cc23)ccc1CNC(=O)c1noc(C(C)(C)C)n1. The van der Waals surface area contributed by atoms with Crippen LogP contribution in [0.25, 0.3) is 27.8 Å². The highest BCUT2D eigenvalue weighted by Gasteiger charge is 2.27. The second-order valence-electron chi connectivity index (χ2n) is 16.2. The molecule has 0 aliphatic carbocycles. The molecule has 13 nitrogen and oxygen atoms in total. The number of aryl methyl sites for hydroxylation is 1. The summed E-state index contributed by atoms with van der Waals surface area (Å²) in [5, 5.41) is 18.2. The van der Waals surface area contributed by atoms with Gasteiger partial charge in [-0.1, -0.05) is 68.4 Å². The topological polar surface area (TPSA) is 160 Å². The first-order valence-electron chi connectivity index (χ1n) is 19.6. The van der Waals surface area contributed by atoms with Crippen LogP contribution in [0.2, 0.25) is 0 Å². The summed E-state index contributed by atoms with van der Waals surface area (Å²) in [4.78, 5) is 47.6. The lowest BCUT2D eigenvalue weighted by Crippen LogP contribution is -2.47. The summed E-state index contributed by atoms with van der Waals surface area (Å²) in [5.74, 6) is 0.112. The Labute approximate surface area is 331 Å². The molecule has 2 aliphatic heterocycles. The van der Waals surface area contributed by atoms with Crippen molar-refractivity contribution in [1.82, 2.24) is 40.4 Å². The van der Waals surface area contributed by atoms with Gasteiger partial charge in [-0.05, 0) is 109 Å². The van der Waals surface area contributed by atoms with E-state index in [2.05, 4.69) is 84.5 Å². The Kier molecular flexibility index (Phi) is 10.4. The number of nitrogens with one attached hydrogen (secondary N) is 3. The number of nitrogens with zero attached hydrogens (tertiary/aromatic N) is 6. The van der Waals surface area contributed by atoms with Gasteiger partial charge in [0.1, 0.15) is 6.04 Å². The van der Waals surface area contributed by atoms with Gasteiger partial charge in [0.25, 0.3) is 11.7 Å². The highest BCUT2D eigenvalue weighted by atomic mass is 16.5. The van der Waals surface area contributed by atoms with Gasteiger partial charge in [-0.15, -0.1) is 5.10 Å². The second-order valence-corrected chi connectivity index (χ2v) is 16.2. The Bertz CT molecular complexity index is 2420. The zero-order chi connectivity index (χ0) is 39.7. The van der Waals surface area contributed by atoms with Gasteiger partial charge in [-0.2, -0.15) is 4.98 Å². The van der Waals surface area contributed by atoms with Crippen LogP contribution in [0.5, 0.6) is 0 Å². The normalized spacial score (nSPS) is 16.8. The summed E-state index contributed by atoms with van der Waals surface area (Å²) in [6.07, 6.45) is 6.88. The van der Waals surface area contributed by atoms with Crippen LogP contribution < -0.4 is 16.0 Å². The number of rotatable bonds is 10. The number of hydrogen-bond donors (Lipinski definition) is 3. The first-order valence-corrected chi connectivity index (χ1v) is 19.6. The molecular weight excluding hydrogens is 719 g/mol. The van der Waals surface area contributed by atoms with E-state index in [0.717, 1.165) is 71.5 Å². The van der Waals surface area contributed by atoms with E-state index in [4.69, 9.17) is 9.62 Å². The molecule has 57 heavy (non-hydrogen) atoms. The van der Waals surface area contributed by atoms with Crippen LogP contribution in [-0.2, 0) is 28.1 Å². The fraction of sp³-hybridized carbons (Fsp3) is 0.341. The molecule has 3 aromatic carbocycles. The molecule has 2 saturated heterocycles. The van der Waals surface area contributed by atoms with Gasteiger partial charge in [0, 0.05) is 48.4 Å². The summed E-state index contributed by atoms with van der Waals surface area (Å²) in [6, 6.07) is 24.8. The van der Waals surface area contributed by atoms with Crippen LogP contribution >= 0.6 is 0 Å². The summed E-state index contributed by atoms with van der Waals surface area (Å²) in [5.41, 5.74) is 8.89. The Hall–Kier alpha value is -6.21. The van der Waals surface area contributed by atoms with E-state index in [1.165, 1.54) is 11.1 Å². The van der Waals surface area contributed by atoms with Gasteiger partial charge < -0.3 is 15.2 Å². The zero-order valence-corrected chi connectivity index (χ0v) is 32.7. The van der Waals surface area contributed by atoms with Crippen LogP contribution in [0.3, 0.4) is 0 Å². The summed E-state index contributed by atoms with van der Waals surface area (Å²) < 4.78 is 7.17. The van der Waals surface area contributed by atoms with E-state index in [-0.39, 0.29) is 35.0 Å². The molecule has 0 saturated carbocycles. The summed E-state index contributed by atoms with van der Waals surface area (Å²) in [7, 11) is 0. The standard InChI is InChI=1S/C44H47N9O4/c1-27-23-31(7-8-32(27)24-46-42(56)40-49-43(57-51-40)44(2,3)4)35-17-20-45-39-36(35)26-53(50-39)34-13-5-28(6-14-34)25-52-21-18-30(19-22-52)29-9-11-33(12-10-29)47-37-15-16-38(54)48-41(37)55/h5-14,17,20,23,26,30,37,47H,15-16,18-19,21-22,24-25H2,1-4H3,(H,46,56)(H,48,54,55)/t37-/m0/s1. The minimum Gasteiger partial charge on any atom is -0.374 e. The fourth-order valence-electron chi connectivity index (χ4n) is 7.56. The molecule has 0 bridgehead atoms. The van der Waals surface area contributed by atoms with Gasteiger partial charge >= 0.3 is 0 Å². The van der Waals surface area contributed by atoms with Crippen molar-refractivity contribution in [1.29, 1.82) is 0 Å². The molecule has 1 atom stereocenters. The molecule has 3 amide bonds. The van der Waals surface area contributed by atoms with Gasteiger partial charge in [0.2, 0.25) is 17.7 Å². The number of piperidine rings is 2. The molecule has 3 aromatic heterocycles. The Morgan fingerprint density at radius 1 is 0.965 bits per heavy atom. The smallest absolute Gasteiger partial charge is 0.292 e. The van der Waals surface area contributed by atoms with Crippen LogP contribution in [0, 0.1) is 6.92 Å². The summed E-state index contributed by atoms with van der Waals surface area (Å²) in [6.45, 7) is 11.2. The number of hydrogen-bond acceptors (Lipinski definition) is 10. The number of benzene rings is 3. The first kappa shape index (κ1) is 37.7. The van der Waals surface area contributed by atoms with E-state index >= 15 is 0 Å². The first-order chi connectivity index (χ1) is 27.5. The van der Waals surface area contributed by atoms with E-state index in [1.54, 1.807) is 6.20 Å². The number of carbonyl (C=O) groups is 3. The molecule has 3 N–H and O–H groups in total. The fourth-order valence-corrected chi connectivity index (χ4v) is 7.56. The average Bonchev–Trinajstić information content (AvgIpc) is 3.89. The van der Waals surface area contributed by atoms with Crippen molar-refractivity contribution in [2.75, 3.05) is 18.4 Å². The molecule has 2 aliphatic rings. The Balaban J connectivity index is 0.858. The number of amides is 3. The Morgan fingerprint density at radius 3 is 2.44 bits per heavy atom. The Morgan fingerprint density at radius 2 is 1.74 bits per heavy atom. The van der Waals surface area contributed by atoms with E-state index < -0.39 is 0 Å². The van der Waals surface area contributed by atoms with Crippen molar-refractivity contribution in [2.45, 2.75) is 83.8 Å². The van der Waals surface area contributed by atoms with Crippen molar-refractivity contribution < 1.29 is 18.9 Å². The largest absolute Gasteiger partial charge is 0.374 e. The van der Waals surface area contributed by atoms with Crippen molar-refractivity contribution in [3.63, 3.8) is 0 Å². The molecule has 13 heteroatoms. The molecule has 0 unspecified atom stereocenters. The third kappa shape index (κ3) is 8.48. The minimum atomic E-state index is -0.377. The van der Waals surface area contributed by atoms with Crippen molar-refractivity contribution in [3.8, 4) is 16.8 Å². The van der Waals surface area contributed by atoms with Gasteiger partial charge in [-0.3, -0.25) is 24.6 Å². The molecule has 0 spiro atoms. The van der Waals surface area contributed by atoms with E-state index in [0.29, 0.717) is 36.8 Å². The second kappa shape index (κ2) is 15.7. The molecule has 292 valence electrons. The maximum Gasteiger partial charge on any atom is 0.292 e. The maximum absolute atomic E-state index is 12.7. The van der Waals surface area contributed by atoms with Crippen molar-refractivity contribution in [3.05, 3.63) is 119 Å². The maximum atomic E-state index is 12.7. The van der Waals surface area contributed by atoms with Crippen LogP contribution in [0.1, 0.15) is 91.1 Å². The van der Waals surface area contributed by atoms with Crippen molar-refractivity contribution in [2.24, 2.45) is 0 Å². The third-order valence-electron chi connectivity index (χ3n) is 10.9. The predicted molar refractivity (Wildman–Crippen MR) is 217 cm³/mol. The highest BCUT2D eigenvalue weighted by molar-refractivity contribution is 6.01. The van der Waals surface area contributed by atoms with Gasteiger partial charge in [-0.25, -0.2) is 9.67 Å². The zero-order valence-electron chi connectivity index (χ0n) is 32.7. The lowest BCUT2D eigenvalue weighted by molar-refractivity contribution is -0.133. The quantitative estimate of drug-likeness (QED) is 0.130. The molecular formula is C44H47N9O4. The lowest BCUT2D eigenvalue weighted by atomic mass is 9.89. The summed E-state index contributed by atoms with van der Waals surface area (Å²) >= 11 is 0. The van der Waals surface area contributed by atoms with Crippen LogP contribution in [0.15, 0.2) is 89.7 Å². The van der Waals surface area contributed by atoms with Gasteiger partial charge in [0.05, 0.1) is 5.69 Å². The number of anilines is 1. The number of likely N-dealkylation sites (tertiary alicyclic amines) is 1. The predicted octanol–water partition coefficient (Wildman–Crippen LogP) is 6.60. The molecule has 2 fully saturated rings. The molecule has 5 heterocycles. The number of aromatic nitrogens is 5.